The molecule has 1 aliphatic rings. The zero-order chi connectivity index (χ0) is 16.0. The van der Waals surface area contributed by atoms with Gasteiger partial charge in [0.1, 0.15) is 29.8 Å². The maximum absolute atomic E-state index is 11.9. The minimum absolute atomic E-state index is 0.00874. The smallest absolute Gasteiger partial charge is 0.263 e. The molecule has 1 saturated heterocycles. The van der Waals surface area contributed by atoms with Gasteiger partial charge < -0.3 is 30.4 Å². The maximum atomic E-state index is 11.9. The van der Waals surface area contributed by atoms with E-state index in [1.165, 1.54) is 10.8 Å². The monoisotopic (exact) mass is 307 g/mol. The number of nitriles is 1. The molecular formula is C12H13N5O5. The van der Waals surface area contributed by atoms with E-state index in [4.69, 9.17) is 20.8 Å². The van der Waals surface area contributed by atoms with Gasteiger partial charge in [0.25, 0.3) is 5.56 Å². The van der Waals surface area contributed by atoms with Crippen LogP contribution in [0.25, 0.3) is 11.0 Å². The van der Waals surface area contributed by atoms with Crippen LogP contribution >= 0.6 is 0 Å². The molecule has 10 heteroatoms. The predicted octanol–water partition coefficient (Wildman–Crippen LogP) is -2.21. The molecule has 0 unspecified atom stereocenters. The van der Waals surface area contributed by atoms with E-state index in [-0.39, 0.29) is 22.5 Å². The lowest BCUT2D eigenvalue weighted by Gasteiger charge is -2.17. The van der Waals surface area contributed by atoms with Gasteiger partial charge in [-0.05, 0) is 0 Å². The van der Waals surface area contributed by atoms with Crippen LogP contribution in [0.4, 0.5) is 5.95 Å². The SMILES string of the molecule is N#Cc1cn([C@@H]2O[C@H](CO)[C@@H](O)[C@H]2O)c2nc(N)[nH]c(=O)c12. The van der Waals surface area contributed by atoms with Crippen molar-refractivity contribution in [3.8, 4) is 6.07 Å². The van der Waals surface area contributed by atoms with E-state index in [0.717, 1.165) is 0 Å². The van der Waals surface area contributed by atoms with Crippen molar-refractivity contribution in [2.75, 3.05) is 12.3 Å². The molecule has 2 aromatic heterocycles. The molecule has 116 valence electrons. The normalized spacial score (nSPS) is 28.1. The Morgan fingerprint density at radius 1 is 1.50 bits per heavy atom. The highest BCUT2D eigenvalue weighted by atomic mass is 16.6. The maximum Gasteiger partial charge on any atom is 0.263 e. The van der Waals surface area contributed by atoms with E-state index in [2.05, 4.69) is 9.97 Å². The Balaban J connectivity index is 2.20. The Bertz CT molecular complexity index is 822. The molecule has 1 fully saturated rings. The van der Waals surface area contributed by atoms with Crippen LogP contribution in [0.15, 0.2) is 11.0 Å². The van der Waals surface area contributed by atoms with E-state index >= 15 is 0 Å². The number of nitrogens with two attached hydrogens (primary N) is 1. The molecule has 0 aromatic carbocycles. The van der Waals surface area contributed by atoms with Crippen LogP contribution in [-0.4, -0.2) is 54.8 Å². The van der Waals surface area contributed by atoms with Gasteiger partial charge in [-0.1, -0.05) is 0 Å². The fourth-order valence-corrected chi connectivity index (χ4v) is 2.56. The number of aromatic nitrogens is 3. The lowest BCUT2D eigenvalue weighted by molar-refractivity contribution is -0.0508. The van der Waals surface area contributed by atoms with Gasteiger partial charge in [-0.15, -0.1) is 0 Å². The highest BCUT2D eigenvalue weighted by Gasteiger charge is 2.44. The third-order valence-corrected chi connectivity index (χ3v) is 3.61. The summed E-state index contributed by atoms with van der Waals surface area (Å²) in [6.07, 6.45) is -3.47. The number of hydrogen-bond donors (Lipinski definition) is 5. The van der Waals surface area contributed by atoms with Crippen LogP contribution in [0.5, 0.6) is 0 Å². The molecule has 2 aromatic rings. The number of H-pyrrole nitrogens is 1. The van der Waals surface area contributed by atoms with Gasteiger partial charge in [0, 0.05) is 6.20 Å². The molecule has 0 spiro atoms. The van der Waals surface area contributed by atoms with Gasteiger partial charge >= 0.3 is 0 Å². The number of nitrogens with one attached hydrogen (secondary N) is 1. The summed E-state index contributed by atoms with van der Waals surface area (Å²) >= 11 is 0. The second-order valence-electron chi connectivity index (χ2n) is 4.94. The van der Waals surface area contributed by atoms with Crippen LogP contribution in [0, 0.1) is 11.3 Å². The predicted molar refractivity (Wildman–Crippen MR) is 72.5 cm³/mol. The van der Waals surface area contributed by atoms with Gasteiger partial charge in [0.15, 0.2) is 11.9 Å². The molecule has 4 atom stereocenters. The summed E-state index contributed by atoms with van der Waals surface area (Å²) in [4.78, 5) is 18.2. The van der Waals surface area contributed by atoms with Crippen molar-refractivity contribution in [3.63, 3.8) is 0 Å². The van der Waals surface area contributed by atoms with Gasteiger partial charge in [-0.3, -0.25) is 9.78 Å². The summed E-state index contributed by atoms with van der Waals surface area (Å²) in [6, 6.07) is 1.85. The zero-order valence-electron chi connectivity index (χ0n) is 11.2. The summed E-state index contributed by atoms with van der Waals surface area (Å²) in [5.41, 5.74) is 4.99. The summed E-state index contributed by atoms with van der Waals surface area (Å²) in [6.45, 7) is -0.491. The first-order valence-corrected chi connectivity index (χ1v) is 6.40. The molecule has 22 heavy (non-hydrogen) atoms. The molecule has 0 amide bonds. The third-order valence-electron chi connectivity index (χ3n) is 3.61. The Morgan fingerprint density at radius 3 is 2.82 bits per heavy atom. The zero-order valence-corrected chi connectivity index (χ0v) is 11.2. The number of aromatic amines is 1. The molecule has 10 nitrogen and oxygen atoms in total. The number of rotatable bonds is 2. The standard InChI is InChI=1S/C12H13N5O5/c13-1-4-2-17(9-6(4)10(21)16-12(14)15-9)11-8(20)7(19)5(3-18)22-11/h2,5,7-8,11,18-20H,3H2,(H3,14,15,16,21)/t5-,7-,8-,11-/m1/s1. The second-order valence-corrected chi connectivity index (χ2v) is 4.94. The minimum atomic E-state index is -1.36. The van der Waals surface area contributed by atoms with Gasteiger partial charge in [0.2, 0.25) is 5.95 Å². The summed E-state index contributed by atoms with van der Waals surface area (Å²) in [7, 11) is 0. The van der Waals surface area contributed by atoms with Crippen molar-refractivity contribution in [1.82, 2.24) is 14.5 Å². The number of nitrogen functional groups attached to an aromatic ring is 1. The fourth-order valence-electron chi connectivity index (χ4n) is 2.56. The highest BCUT2D eigenvalue weighted by molar-refractivity contribution is 5.83. The first kappa shape index (κ1) is 14.5. The van der Waals surface area contributed by atoms with Crippen molar-refractivity contribution in [2.24, 2.45) is 0 Å². The van der Waals surface area contributed by atoms with Gasteiger partial charge in [0.05, 0.1) is 12.2 Å². The van der Waals surface area contributed by atoms with Crippen LogP contribution in [0.2, 0.25) is 0 Å². The first-order valence-electron chi connectivity index (χ1n) is 6.40. The number of aliphatic hydroxyl groups is 3. The Hall–Kier alpha value is -2.45. The van der Waals surface area contributed by atoms with Crippen molar-refractivity contribution in [1.29, 1.82) is 5.26 Å². The molecule has 6 N–H and O–H groups in total. The largest absolute Gasteiger partial charge is 0.394 e. The molecule has 1 aliphatic heterocycles. The van der Waals surface area contributed by atoms with Gasteiger partial charge in [-0.2, -0.15) is 10.2 Å². The van der Waals surface area contributed by atoms with Crippen molar-refractivity contribution < 1.29 is 20.1 Å². The number of hydrogen-bond acceptors (Lipinski definition) is 8. The van der Waals surface area contributed by atoms with Crippen LogP contribution in [0.1, 0.15) is 11.8 Å². The third kappa shape index (κ3) is 1.96. The van der Waals surface area contributed by atoms with Gasteiger partial charge in [-0.25, -0.2) is 0 Å². The second kappa shape index (κ2) is 5.08. The van der Waals surface area contributed by atoms with Crippen LogP contribution in [0.3, 0.4) is 0 Å². The minimum Gasteiger partial charge on any atom is -0.394 e. The van der Waals surface area contributed by atoms with E-state index < -0.39 is 36.7 Å². The van der Waals surface area contributed by atoms with E-state index in [1.54, 1.807) is 0 Å². The Labute approximate surface area is 123 Å². The average molecular weight is 307 g/mol. The average Bonchev–Trinajstić information content (AvgIpc) is 2.98. The number of aliphatic hydroxyl groups excluding tert-OH is 3. The molecule has 0 radical (unpaired) electrons. The summed E-state index contributed by atoms with van der Waals surface area (Å²) in [5.74, 6) is -0.159. The van der Waals surface area contributed by atoms with Crippen molar-refractivity contribution in [2.45, 2.75) is 24.5 Å². The van der Waals surface area contributed by atoms with E-state index in [9.17, 15) is 15.0 Å². The highest BCUT2D eigenvalue weighted by Crippen LogP contribution is 2.32. The molecule has 3 rings (SSSR count). The molecule has 0 bridgehead atoms. The number of anilines is 1. The molecule has 0 saturated carbocycles. The van der Waals surface area contributed by atoms with Crippen LogP contribution < -0.4 is 11.3 Å². The van der Waals surface area contributed by atoms with Crippen LogP contribution in [-0.2, 0) is 4.74 Å². The lowest BCUT2D eigenvalue weighted by atomic mass is 10.1. The first-order chi connectivity index (χ1) is 10.5. The van der Waals surface area contributed by atoms with E-state index in [0.29, 0.717) is 0 Å². The topological polar surface area (TPSA) is 170 Å². The number of nitrogens with zero attached hydrogens (tertiary/aromatic N) is 3. The fraction of sp³-hybridized carbons (Fsp3) is 0.417. The molecule has 3 heterocycles. The van der Waals surface area contributed by atoms with Crippen molar-refractivity contribution >= 4 is 17.0 Å². The quantitative estimate of drug-likeness (QED) is 0.415. The molecule has 0 aliphatic carbocycles. The van der Waals surface area contributed by atoms with Crippen molar-refractivity contribution in [3.05, 3.63) is 22.1 Å². The van der Waals surface area contributed by atoms with E-state index in [1.807, 2.05) is 6.07 Å². The summed E-state index contributed by atoms with van der Waals surface area (Å²) < 4.78 is 6.63. The number of ether oxygens (including phenoxy) is 1. The number of fused-ring (bicyclic) bond motifs is 1. The lowest BCUT2D eigenvalue weighted by Crippen LogP contribution is -2.33. The Morgan fingerprint density at radius 2 is 2.23 bits per heavy atom. The Kier molecular flexibility index (Phi) is 3.34. The molecular weight excluding hydrogens is 294 g/mol. The summed E-state index contributed by atoms with van der Waals surface area (Å²) in [5, 5.41) is 38.1.